The van der Waals surface area contributed by atoms with Gasteiger partial charge in [-0.15, -0.1) is 0 Å². The van der Waals surface area contributed by atoms with Crippen LogP contribution in [0.5, 0.6) is 0 Å². The number of carbonyl (C=O) groups is 1. The molecule has 1 unspecified atom stereocenters. The topological polar surface area (TPSA) is 58.4 Å². The average molecular weight is 388 g/mol. The molecular weight excluding hydrogens is 358 g/mol. The van der Waals surface area contributed by atoms with Crippen LogP contribution in [0.25, 0.3) is 11.3 Å². The molecule has 1 aliphatic heterocycles. The van der Waals surface area contributed by atoms with Crippen molar-refractivity contribution in [3.8, 4) is 11.3 Å². The van der Waals surface area contributed by atoms with Gasteiger partial charge in [0.05, 0.1) is 0 Å². The molecule has 0 saturated carbocycles. The standard InChI is InChI=1S/C21H29N3O2S/c1-24(21(25)14-18-16-27-13-11-22-18)12-7-3-6-10-19-15-20(23-26-19)17-8-4-2-5-9-17/h2,4-5,8-9,15,18,22H,3,6-7,10-14,16H2,1H3. The molecule has 0 spiro atoms. The summed E-state index contributed by atoms with van der Waals surface area (Å²) in [5.41, 5.74) is 1.98. The number of amides is 1. The summed E-state index contributed by atoms with van der Waals surface area (Å²) in [6.07, 6.45) is 4.65. The van der Waals surface area contributed by atoms with E-state index in [1.165, 1.54) is 0 Å². The highest BCUT2D eigenvalue weighted by Crippen LogP contribution is 2.19. The van der Waals surface area contributed by atoms with Crippen molar-refractivity contribution in [3.05, 3.63) is 42.2 Å². The van der Waals surface area contributed by atoms with Crippen LogP contribution in [0.3, 0.4) is 0 Å². The number of benzene rings is 1. The summed E-state index contributed by atoms with van der Waals surface area (Å²) in [6.45, 7) is 1.84. The number of thioether (sulfide) groups is 1. The molecule has 146 valence electrons. The summed E-state index contributed by atoms with van der Waals surface area (Å²) >= 11 is 1.93. The van der Waals surface area contributed by atoms with E-state index in [4.69, 9.17) is 4.52 Å². The molecule has 27 heavy (non-hydrogen) atoms. The Morgan fingerprint density at radius 2 is 2.15 bits per heavy atom. The number of unbranched alkanes of at least 4 members (excludes halogenated alkanes) is 2. The fraction of sp³-hybridized carbons (Fsp3) is 0.524. The summed E-state index contributed by atoms with van der Waals surface area (Å²) in [5.74, 6) is 3.37. The highest BCUT2D eigenvalue weighted by atomic mass is 32.2. The minimum Gasteiger partial charge on any atom is -0.361 e. The molecule has 2 aromatic rings. The first-order valence-electron chi connectivity index (χ1n) is 9.78. The summed E-state index contributed by atoms with van der Waals surface area (Å²) in [7, 11) is 1.92. The lowest BCUT2D eigenvalue weighted by Gasteiger charge is -2.25. The largest absolute Gasteiger partial charge is 0.361 e. The van der Waals surface area contributed by atoms with Gasteiger partial charge in [0.15, 0.2) is 0 Å². The third-order valence-electron chi connectivity index (χ3n) is 4.89. The Hall–Kier alpha value is -1.79. The molecule has 0 bridgehead atoms. The van der Waals surface area contributed by atoms with Crippen LogP contribution in [0.15, 0.2) is 40.9 Å². The smallest absolute Gasteiger partial charge is 0.223 e. The first-order chi connectivity index (χ1) is 13.2. The molecule has 6 heteroatoms. The number of rotatable bonds is 9. The molecule has 1 N–H and O–H groups in total. The molecule has 3 rings (SSSR count). The maximum absolute atomic E-state index is 12.3. The fourth-order valence-corrected chi connectivity index (χ4v) is 4.19. The maximum atomic E-state index is 12.3. The Labute approximate surface area is 165 Å². The van der Waals surface area contributed by atoms with Gasteiger partial charge in [-0.2, -0.15) is 11.8 Å². The minimum absolute atomic E-state index is 0.248. The second-order valence-electron chi connectivity index (χ2n) is 7.10. The van der Waals surface area contributed by atoms with E-state index in [9.17, 15) is 4.79 Å². The average Bonchev–Trinajstić information content (AvgIpc) is 3.18. The summed E-state index contributed by atoms with van der Waals surface area (Å²) in [4.78, 5) is 14.2. The lowest BCUT2D eigenvalue weighted by Crippen LogP contribution is -2.41. The summed E-state index contributed by atoms with van der Waals surface area (Å²) in [5, 5.41) is 7.59. The van der Waals surface area contributed by atoms with Crippen molar-refractivity contribution in [2.75, 3.05) is 31.6 Å². The van der Waals surface area contributed by atoms with Crippen LogP contribution in [0.1, 0.15) is 31.4 Å². The first-order valence-corrected chi connectivity index (χ1v) is 10.9. The Balaban J connectivity index is 1.31. The van der Waals surface area contributed by atoms with Crippen molar-refractivity contribution in [1.29, 1.82) is 0 Å². The monoisotopic (exact) mass is 387 g/mol. The van der Waals surface area contributed by atoms with Gasteiger partial charge < -0.3 is 14.7 Å². The van der Waals surface area contributed by atoms with Crippen LogP contribution in [0, 0.1) is 0 Å². The van der Waals surface area contributed by atoms with Crippen molar-refractivity contribution in [2.45, 2.75) is 38.1 Å². The number of carbonyl (C=O) groups excluding carboxylic acids is 1. The van der Waals surface area contributed by atoms with E-state index in [0.29, 0.717) is 12.5 Å². The molecule has 2 heterocycles. The van der Waals surface area contributed by atoms with Crippen LogP contribution < -0.4 is 5.32 Å². The lowest BCUT2D eigenvalue weighted by atomic mass is 10.1. The Morgan fingerprint density at radius 1 is 1.30 bits per heavy atom. The highest BCUT2D eigenvalue weighted by Gasteiger charge is 2.18. The van der Waals surface area contributed by atoms with Gasteiger partial charge in [0, 0.05) is 62.2 Å². The zero-order valence-corrected chi connectivity index (χ0v) is 16.8. The van der Waals surface area contributed by atoms with E-state index >= 15 is 0 Å². The SMILES string of the molecule is CN(CCCCCc1cc(-c2ccccc2)no1)C(=O)CC1CSCCN1. The second kappa shape index (κ2) is 10.5. The van der Waals surface area contributed by atoms with E-state index in [1.807, 2.05) is 60.1 Å². The van der Waals surface area contributed by atoms with Crippen molar-refractivity contribution in [2.24, 2.45) is 0 Å². The zero-order valence-electron chi connectivity index (χ0n) is 16.0. The van der Waals surface area contributed by atoms with Gasteiger partial charge in [-0.05, 0) is 12.8 Å². The second-order valence-corrected chi connectivity index (χ2v) is 8.25. The number of hydrogen-bond acceptors (Lipinski definition) is 5. The van der Waals surface area contributed by atoms with Crippen LogP contribution in [-0.4, -0.2) is 53.6 Å². The van der Waals surface area contributed by atoms with E-state index in [2.05, 4.69) is 10.5 Å². The third-order valence-corrected chi connectivity index (χ3v) is 6.02. The summed E-state index contributed by atoms with van der Waals surface area (Å²) < 4.78 is 5.45. The van der Waals surface area contributed by atoms with Gasteiger partial charge in [0.2, 0.25) is 5.91 Å². The van der Waals surface area contributed by atoms with Crippen molar-refractivity contribution in [3.63, 3.8) is 0 Å². The molecular formula is C21H29N3O2S. The van der Waals surface area contributed by atoms with Crippen molar-refractivity contribution < 1.29 is 9.32 Å². The molecule has 0 radical (unpaired) electrons. The van der Waals surface area contributed by atoms with Crippen molar-refractivity contribution >= 4 is 17.7 Å². The Bertz CT molecular complexity index is 698. The molecule has 1 amide bonds. The van der Waals surface area contributed by atoms with Crippen LogP contribution in [0.2, 0.25) is 0 Å². The number of aryl methyl sites for hydroxylation is 1. The van der Waals surface area contributed by atoms with Crippen LogP contribution in [0.4, 0.5) is 0 Å². The molecule has 1 aromatic heterocycles. The van der Waals surface area contributed by atoms with E-state index in [0.717, 1.165) is 67.3 Å². The quantitative estimate of drug-likeness (QED) is 0.666. The zero-order chi connectivity index (χ0) is 18.9. The molecule has 1 atom stereocenters. The molecule has 1 fully saturated rings. The highest BCUT2D eigenvalue weighted by molar-refractivity contribution is 7.99. The van der Waals surface area contributed by atoms with Gasteiger partial charge >= 0.3 is 0 Å². The van der Waals surface area contributed by atoms with E-state index in [1.54, 1.807) is 0 Å². The lowest BCUT2D eigenvalue weighted by molar-refractivity contribution is -0.130. The maximum Gasteiger partial charge on any atom is 0.223 e. The minimum atomic E-state index is 0.248. The van der Waals surface area contributed by atoms with Gasteiger partial charge in [0.25, 0.3) is 0 Å². The van der Waals surface area contributed by atoms with E-state index in [-0.39, 0.29) is 5.91 Å². The molecule has 5 nitrogen and oxygen atoms in total. The predicted octanol–water partition coefficient (Wildman–Crippen LogP) is 3.61. The van der Waals surface area contributed by atoms with Gasteiger partial charge in [-0.3, -0.25) is 4.79 Å². The Morgan fingerprint density at radius 3 is 2.93 bits per heavy atom. The third kappa shape index (κ3) is 6.40. The van der Waals surface area contributed by atoms with Gasteiger partial charge in [-0.1, -0.05) is 41.9 Å². The van der Waals surface area contributed by atoms with Gasteiger partial charge in [0.1, 0.15) is 11.5 Å². The van der Waals surface area contributed by atoms with Crippen LogP contribution >= 0.6 is 11.8 Å². The predicted molar refractivity (Wildman–Crippen MR) is 111 cm³/mol. The number of nitrogens with one attached hydrogen (secondary N) is 1. The first kappa shape index (κ1) is 20.0. The van der Waals surface area contributed by atoms with Crippen LogP contribution in [-0.2, 0) is 11.2 Å². The van der Waals surface area contributed by atoms with E-state index < -0.39 is 0 Å². The van der Waals surface area contributed by atoms with Crippen molar-refractivity contribution in [1.82, 2.24) is 15.4 Å². The molecule has 0 aliphatic carbocycles. The molecule has 1 saturated heterocycles. The van der Waals surface area contributed by atoms with Gasteiger partial charge in [-0.25, -0.2) is 0 Å². The number of aromatic nitrogens is 1. The molecule has 1 aromatic carbocycles. The molecule has 1 aliphatic rings. The normalized spacial score (nSPS) is 17.0. The fourth-order valence-electron chi connectivity index (χ4n) is 3.24. The number of hydrogen-bond donors (Lipinski definition) is 1. The Kier molecular flexibility index (Phi) is 7.78. The number of nitrogens with zero attached hydrogens (tertiary/aromatic N) is 2. The summed E-state index contributed by atoms with van der Waals surface area (Å²) in [6, 6.07) is 12.4.